The Morgan fingerprint density at radius 3 is 2.75 bits per heavy atom. The molecule has 1 N–H and O–H groups in total. The average Bonchev–Trinajstić information content (AvgIpc) is 2.75. The minimum Gasteiger partial charge on any atom is -0.495 e. The van der Waals surface area contributed by atoms with Crippen molar-refractivity contribution in [1.82, 2.24) is 9.62 Å². The summed E-state index contributed by atoms with van der Waals surface area (Å²) in [5.41, 5.74) is 0. The maximum atomic E-state index is 12.7. The minimum atomic E-state index is -3.52. The summed E-state index contributed by atoms with van der Waals surface area (Å²) >= 11 is 0. The molecule has 0 aliphatic carbocycles. The summed E-state index contributed by atoms with van der Waals surface area (Å²) in [5, 5.41) is 3.30. The lowest BCUT2D eigenvalue weighted by molar-refractivity contribution is 0.338. The van der Waals surface area contributed by atoms with Crippen molar-refractivity contribution < 1.29 is 13.2 Å². The van der Waals surface area contributed by atoms with Crippen LogP contribution in [-0.2, 0) is 10.0 Å². The van der Waals surface area contributed by atoms with Crippen molar-refractivity contribution in [3.8, 4) is 5.75 Å². The molecule has 1 saturated heterocycles. The molecular formula is C14H22N2O3S. The van der Waals surface area contributed by atoms with Crippen LogP contribution in [0.5, 0.6) is 5.75 Å². The smallest absolute Gasteiger partial charge is 0.246 e. The van der Waals surface area contributed by atoms with Gasteiger partial charge in [-0.2, -0.15) is 4.31 Å². The second-order valence-corrected chi connectivity index (χ2v) is 6.97. The molecule has 1 atom stereocenters. The lowest BCUT2D eigenvalue weighted by Crippen LogP contribution is -2.37. The molecule has 0 amide bonds. The van der Waals surface area contributed by atoms with Crippen LogP contribution in [0.25, 0.3) is 0 Å². The molecule has 1 unspecified atom stereocenters. The first-order valence-corrected chi connectivity index (χ1v) is 8.33. The molecule has 5 nitrogen and oxygen atoms in total. The lowest BCUT2D eigenvalue weighted by Gasteiger charge is -2.26. The highest BCUT2D eigenvalue weighted by atomic mass is 32.2. The molecule has 1 aliphatic heterocycles. The van der Waals surface area contributed by atoms with Crippen LogP contribution < -0.4 is 10.1 Å². The zero-order valence-electron chi connectivity index (χ0n) is 12.0. The van der Waals surface area contributed by atoms with Gasteiger partial charge in [0.2, 0.25) is 10.0 Å². The van der Waals surface area contributed by atoms with Crippen LogP contribution in [0.3, 0.4) is 0 Å². The van der Waals surface area contributed by atoms with Gasteiger partial charge in [0, 0.05) is 13.1 Å². The lowest BCUT2D eigenvalue weighted by atomic mass is 10.1. The Morgan fingerprint density at radius 1 is 1.25 bits per heavy atom. The monoisotopic (exact) mass is 298 g/mol. The van der Waals surface area contributed by atoms with E-state index in [2.05, 4.69) is 5.32 Å². The van der Waals surface area contributed by atoms with E-state index in [4.69, 9.17) is 4.74 Å². The van der Waals surface area contributed by atoms with Gasteiger partial charge in [-0.05, 0) is 44.5 Å². The zero-order chi connectivity index (χ0) is 14.6. The molecule has 0 saturated carbocycles. The van der Waals surface area contributed by atoms with Gasteiger partial charge in [0.25, 0.3) is 0 Å². The summed E-state index contributed by atoms with van der Waals surface area (Å²) in [4.78, 5) is 0.238. The molecule has 1 aromatic carbocycles. The number of hydrogen-bond acceptors (Lipinski definition) is 4. The number of methoxy groups -OCH3 is 1. The molecule has 0 bridgehead atoms. The van der Waals surface area contributed by atoms with E-state index in [1.807, 2.05) is 0 Å². The van der Waals surface area contributed by atoms with Crippen LogP contribution in [-0.4, -0.2) is 46.0 Å². The second kappa shape index (κ2) is 6.56. The van der Waals surface area contributed by atoms with Crippen molar-refractivity contribution >= 4 is 10.0 Å². The summed E-state index contributed by atoms with van der Waals surface area (Å²) in [6.45, 7) is 1.81. The van der Waals surface area contributed by atoms with Gasteiger partial charge in [-0.15, -0.1) is 0 Å². The van der Waals surface area contributed by atoms with Crippen molar-refractivity contribution in [3.05, 3.63) is 24.3 Å². The highest BCUT2D eigenvalue weighted by molar-refractivity contribution is 7.89. The maximum Gasteiger partial charge on any atom is 0.246 e. The van der Waals surface area contributed by atoms with E-state index < -0.39 is 10.0 Å². The highest BCUT2D eigenvalue weighted by Crippen LogP contribution is 2.28. The quantitative estimate of drug-likeness (QED) is 0.914. The van der Waals surface area contributed by atoms with Gasteiger partial charge in [0.15, 0.2) is 0 Å². The zero-order valence-corrected chi connectivity index (χ0v) is 12.8. The van der Waals surface area contributed by atoms with Crippen molar-refractivity contribution in [3.63, 3.8) is 0 Å². The number of benzene rings is 1. The molecule has 0 aromatic heterocycles. The fourth-order valence-corrected chi connectivity index (χ4v) is 4.12. The number of nitrogens with one attached hydrogen (secondary N) is 1. The van der Waals surface area contributed by atoms with Gasteiger partial charge in [-0.1, -0.05) is 12.1 Å². The van der Waals surface area contributed by atoms with E-state index in [0.29, 0.717) is 5.75 Å². The third-order valence-corrected chi connectivity index (χ3v) is 5.74. The average molecular weight is 298 g/mol. The number of hydrogen-bond donors (Lipinski definition) is 1. The number of para-hydroxylation sites is 1. The van der Waals surface area contributed by atoms with Crippen LogP contribution in [0.1, 0.15) is 19.3 Å². The molecule has 6 heteroatoms. The fourth-order valence-electron chi connectivity index (χ4n) is 2.55. The minimum absolute atomic E-state index is 0.0416. The Hall–Kier alpha value is -1.11. The van der Waals surface area contributed by atoms with Gasteiger partial charge in [0.05, 0.1) is 7.11 Å². The SMILES string of the molecule is COc1ccccc1S(=O)(=O)N(C)C1CCCNCC1. The van der Waals surface area contributed by atoms with E-state index in [9.17, 15) is 8.42 Å². The van der Waals surface area contributed by atoms with Gasteiger partial charge < -0.3 is 10.1 Å². The first kappa shape index (κ1) is 15.3. The van der Waals surface area contributed by atoms with Gasteiger partial charge >= 0.3 is 0 Å². The van der Waals surface area contributed by atoms with E-state index in [0.717, 1.165) is 32.4 Å². The molecule has 1 aliphatic rings. The van der Waals surface area contributed by atoms with Gasteiger partial charge in [0.1, 0.15) is 10.6 Å². The molecular weight excluding hydrogens is 276 g/mol. The molecule has 1 heterocycles. The summed E-state index contributed by atoms with van der Waals surface area (Å²) in [6.07, 6.45) is 2.72. The first-order valence-electron chi connectivity index (χ1n) is 6.89. The van der Waals surface area contributed by atoms with E-state index in [1.54, 1.807) is 31.3 Å². The first-order chi connectivity index (χ1) is 9.57. The van der Waals surface area contributed by atoms with E-state index >= 15 is 0 Å². The Bertz CT molecular complexity index is 537. The maximum absolute atomic E-state index is 12.7. The largest absolute Gasteiger partial charge is 0.495 e. The standard InChI is InChI=1S/C14H22N2O3S/c1-16(12-6-5-10-15-11-9-12)20(17,18)14-8-4-3-7-13(14)19-2/h3-4,7-8,12,15H,5-6,9-11H2,1-2H3. The summed E-state index contributed by atoms with van der Waals surface area (Å²) in [5.74, 6) is 0.395. The number of sulfonamides is 1. The number of rotatable bonds is 4. The van der Waals surface area contributed by atoms with Crippen LogP contribution in [0, 0.1) is 0 Å². The molecule has 2 rings (SSSR count). The molecule has 0 radical (unpaired) electrons. The van der Waals surface area contributed by atoms with Crippen molar-refractivity contribution in [2.45, 2.75) is 30.2 Å². The van der Waals surface area contributed by atoms with Crippen molar-refractivity contribution in [2.24, 2.45) is 0 Å². The summed E-state index contributed by atoms with van der Waals surface area (Å²) < 4.78 is 32.2. The third kappa shape index (κ3) is 3.13. The Morgan fingerprint density at radius 2 is 2.00 bits per heavy atom. The second-order valence-electron chi connectivity index (χ2n) is 5.01. The van der Waals surface area contributed by atoms with Crippen LogP contribution in [0.15, 0.2) is 29.2 Å². The van der Waals surface area contributed by atoms with Crippen molar-refractivity contribution in [1.29, 1.82) is 0 Å². The number of nitrogens with zero attached hydrogens (tertiary/aromatic N) is 1. The van der Waals surface area contributed by atoms with E-state index in [-0.39, 0.29) is 10.9 Å². The third-order valence-electron chi connectivity index (χ3n) is 3.79. The Balaban J connectivity index is 2.28. The van der Waals surface area contributed by atoms with Crippen LogP contribution in [0.2, 0.25) is 0 Å². The Kier molecular flexibility index (Phi) is 5.01. The van der Waals surface area contributed by atoms with Gasteiger partial charge in [-0.25, -0.2) is 8.42 Å². The van der Waals surface area contributed by atoms with Crippen LogP contribution in [0.4, 0.5) is 0 Å². The predicted molar refractivity (Wildman–Crippen MR) is 78.5 cm³/mol. The number of ether oxygens (including phenoxy) is 1. The molecule has 0 spiro atoms. The predicted octanol–water partition coefficient (Wildman–Crippen LogP) is 1.46. The van der Waals surface area contributed by atoms with Crippen molar-refractivity contribution in [2.75, 3.05) is 27.2 Å². The molecule has 20 heavy (non-hydrogen) atoms. The topological polar surface area (TPSA) is 58.6 Å². The molecule has 1 aromatic rings. The highest BCUT2D eigenvalue weighted by Gasteiger charge is 2.30. The summed E-state index contributed by atoms with van der Waals surface area (Å²) in [6, 6.07) is 6.81. The normalized spacial score (nSPS) is 20.6. The van der Waals surface area contributed by atoms with E-state index in [1.165, 1.54) is 11.4 Å². The Labute approximate surface area is 121 Å². The van der Waals surface area contributed by atoms with Crippen LogP contribution >= 0.6 is 0 Å². The molecule has 112 valence electrons. The summed E-state index contributed by atoms with van der Waals surface area (Å²) in [7, 11) is -0.363. The fraction of sp³-hybridized carbons (Fsp3) is 0.571. The van der Waals surface area contributed by atoms with Gasteiger partial charge in [-0.3, -0.25) is 0 Å². The molecule has 1 fully saturated rings.